The molecule has 0 radical (unpaired) electrons. The Morgan fingerprint density at radius 1 is 1.44 bits per heavy atom. The standard InChI is InChI=1S/C13H22BrN3O/c1-5-17-13(10(14)6-16-17)12(15)11-7(2)8(3)18-9(11)4/h6-9,11-12H,5,15H2,1-4H3. The first-order chi connectivity index (χ1) is 8.47. The van der Waals surface area contributed by atoms with Gasteiger partial charge in [-0.3, -0.25) is 4.68 Å². The summed E-state index contributed by atoms with van der Waals surface area (Å²) in [5.41, 5.74) is 7.58. The van der Waals surface area contributed by atoms with Crippen LogP contribution in [-0.2, 0) is 11.3 Å². The Labute approximate surface area is 117 Å². The number of nitrogens with two attached hydrogens (primary N) is 1. The fraction of sp³-hybridized carbons (Fsp3) is 0.769. The van der Waals surface area contributed by atoms with Crippen molar-refractivity contribution >= 4 is 15.9 Å². The van der Waals surface area contributed by atoms with E-state index in [9.17, 15) is 0 Å². The number of nitrogens with zero attached hydrogens (tertiary/aromatic N) is 2. The molecule has 0 bridgehead atoms. The van der Waals surface area contributed by atoms with Crippen LogP contribution in [0.15, 0.2) is 10.7 Å². The first kappa shape index (κ1) is 14.0. The van der Waals surface area contributed by atoms with E-state index in [0.29, 0.717) is 11.8 Å². The van der Waals surface area contributed by atoms with Crippen LogP contribution in [0.5, 0.6) is 0 Å². The van der Waals surface area contributed by atoms with Gasteiger partial charge in [-0.15, -0.1) is 0 Å². The molecule has 0 aromatic carbocycles. The van der Waals surface area contributed by atoms with Gasteiger partial charge in [0.2, 0.25) is 0 Å². The summed E-state index contributed by atoms with van der Waals surface area (Å²) >= 11 is 3.56. The van der Waals surface area contributed by atoms with Crippen molar-refractivity contribution in [2.24, 2.45) is 17.6 Å². The van der Waals surface area contributed by atoms with E-state index in [1.54, 1.807) is 0 Å². The zero-order valence-corrected chi connectivity index (χ0v) is 13.0. The fourth-order valence-corrected chi connectivity index (χ4v) is 3.61. The molecule has 0 aliphatic carbocycles. The Balaban J connectivity index is 2.30. The van der Waals surface area contributed by atoms with E-state index in [4.69, 9.17) is 10.5 Å². The van der Waals surface area contributed by atoms with Crippen LogP contribution in [0.2, 0.25) is 0 Å². The minimum Gasteiger partial charge on any atom is -0.375 e. The molecule has 4 nitrogen and oxygen atoms in total. The van der Waals surface area contributed by atoms with Crippen LogP contribution in [0.4, 0.5) is 0 Å². The number of rotatable bonds is 3. The highest BCUT2D eigenvalue weighted by Crippen LogP contribution is 2.40. The van der Waals surface area contributed by atoms with Crippen LogP contribution in [0.25, 0.3) is 0 Å². The molecule has 0 spiro atoms. The monoisotopic (exact) mass is 315 g/mol. The molecule has 5 heteroatoms. The normalized spacial score (nSPS) is 33.9. The van der Waals surface area contributed by atoms with E-state index in [1.807, 2.05) is 10.9 Å². The molecule has 1 aromatic rings. The summed E-state index contributed by atoms with van der Waals surface area (Å²) in [5.74, 6) is 0.792. The SMILES string of the molecule is CCn1ncc(Br)c1C(N)C1C(C)OC(C)C1C. The molecule has 1 saturated heterocycles. The molecule has 1 aliphatic rings. The van der Waals surface area contributed by atoms with Gasteiger partial charge >= 0.3 is 0 Å². The van der Waals surface area contributed by atoms with Crippen LogP contribution in [0.1, 0.15) is 39.4 Å². The van der Waals surface area contributed by atoms with E-state index in [2.05, 4.69) is 48.7 Å². The van der Waals surface area contributed by atoms with Gasteiger partial charge in [-0.25, -0.2) is 0 Å². The van der Waals surface area contributed by atoms with Gasteiger partial charge in [0.25, 0.3) is 0 Å². The van der Waals surface area contributed by atoms with Crippen LogP contribution < -0.4 is 5.73 Å². The van der Waals surface area contributed by atoms with Gasteiger partial charge in [0, 0.05) is 12.5 Å². The topological polar surface area (TPSA) is 53.1 Å². The lowest BCUT2D eigenvalue weighted by atomic mass is 9.82. The summed E-state index contributed by atoms with van der Waals surface area (Å²) in [4.78, 5) is 0. The first-order valence-corrected chi connectivity index (χ1v) is 7.38. The number of halogens is 1. The fourth-order valence-electron chi connectivity index (χ4n) is 3.05. The maximum Gasteiger partial charge on any atom is 0.0697 e. The molecule has 5 atom stereocenters. The number of hydrogen-bond acceptors (Lipinski definition) is 3. The van der Waals surface area contributed by atoms with Crippen molar-refractivity contribution in [1.82, 2.24) is 9.78 Å². The maximum absolute atomic E-state index is 6.49. The van der Waals surface area contributed by atoms with Crippen molar-refractivity contribution < 1.29 is 4.74 Å². The average Bonchev–Trinajstić information content (AvgIpc) is 2.80. The van der Waals surface area contributed by atoms with E-state index < -0.39 is 0 Å². The third-order valence-corrected chi connectivity index (χ3v) is 4.79. The van der Waals surface area contributed by atoms with Crippen LogP contribution >= 0.6 is 15.9 Å². The largest absolute Gasteiger partial charge is 0.375 e. The molecule has 18 heavy (non-hydrogen) atoms. The third-order valence-electron chi connectivity index (χ3n) is 4.18. The van der Waals surface area contributed by atoms with Crippen molar-refractivity contribution in [3.05, 3.63) is 16.4 Å². The summed E-state index contributed by atoms with van der Waals surface area (Å²) < 4.78 is 8.86. The summed E-state index contributed by atoms with van der Waals surface area (Å²) in [7, 11) is 0. The lowest BCUT2D eigenvalue weighted by molar-refractivity contribution is 0.0486. The van der Waals surface area contributed by atoms with Gasteiger partial charge in [-0.05, 0) is 42.6 Å². The van der Waals surface area contributed by atoms with Gasteiger partial charge in [0.05, 0.1) is 34.6 Å². The third kappa shape index (κ3) is 2.24. The Morgan fingerprint density at radius 2 is 2.11 bits per heavy atom. The highest BCUT2D eigenvalue weighted by Gasteiger charge is 2.42. The average molecular weight is 316 g/mol. The Morgan fingerprint density at radius 3 is 2.61 bits per heavy atom. The van der Waals surface area contributed by atoms with Gasteiger partial charge in [-0.2, -0.15) is 5.10 Å². The molecular weight excluding hydrogens is 294 g/mol. The van der Waals surface area contributed by atoms with Crippen LogP contribution in [0, 0.1) is 11.8 Å². The Hall–Kier alpha value is -0.390. The molecule has 1 aromatic heterocycles. The molecule has 102 valence electrons. The van der Waals surface area contributed by atoms with Crippen molar-refractivity contribution in [3.63, 3.8) is 0 Å². The second kappa shape index (κ2) is 5.31. The molecule has 2 heterocycles. The molecule has 0 amide bonds. The minimum absolute atomic E-state index is 0.0447. The predicted molar refractivity (Wildman–Crippen MR) is 75.2 cm³/mol. The summed E-state index contributed by atoms with van der Waals surface area (Å²) in [6.45, 7) is 9.38. The molecule has 2 N–H and O–H groups in total. The number of aryl methyl sites for hydroxylation is 1. The van der Waals surface area contributed by atoms with Gasteiger partial charge in [0.1, 0.15) is 0 Å². The second-order valence-corrected chi connectivity index (χ2v) is 6.06. The Bertz CT molecular complexity index is 420. The zero-order valence-electron chi connectivity index (χ0n) is 11.4. The summed E-state index contributed by atoms with van der Waals surface area (Å²) in [6, 6.07) is -0.0447. The molecular formula is C13H22BrN3O. The quantitative estimate of drug-likeness (QED) is 0.933. The Kier molecular flexibility index (Phi) is 4.14. The van der Waals surface area contributed by atoms with Crippen molar-refractivity contribution in [2.45, 2.75) is 52.5 Å². The van der Waals surface area contributed by atoms with Gasteiger partial charge in [0.15, 0.2) is 0 Å². The summed E-state index contributed by atoms with van der Waals surface area (Å²) in [5, 5.41) is 4.34. The number of aromatic nitrogens is 2. The van der Waals surface area contributed by atoms with Gasteiger partial charge in [-0.1, -0.05) is 6.92 Å². The number of hydrogen-bond donors (Lipinski definition) is 1. The van der Waals surface area contributed by atoms with Crippen molar-refractivity contribution in [1.29, 1.82) is 0 Å². The van der Waals surface area contributed by atoms with E-state index in [1.165, 1.54) is 0 Å². The molecule has 5 unspecified atom stereocenters. The second-order valence-electron chi connectivity index (χ2n) is 5.20. The molecule has 1 aliphatic heterocycles. The zero-order chi connectivity index (χ0) is 13.4. The van der Waals surface area contributed by atoms with Gasteiger partial charge < -0.3 is 10.5 Å². The van der Waals surface area contributed by atoms with Crippen LogP contribution in [-0.4, -0.2) is 22.0 Å². The minimum atomic E-state index is -0.0447. The highest BCUT2D eigenvalue weighted by molar-refractivity contribution is 9.10. The molecule has 0 saturated carbocycles. The smallest absolute Gasteiger partial charge is 0.0697 e. The van der Waals surface area contributed by atoms with Crippen molar-refractivity contribution in [2.75, 3.05) is 0 Å². The number of ether oxygens (including phenoxy) is 1. The molecule has 1 fully saturated rings. The predicted octanol–water partition coefficient (Wildman–Crippen LogP) is 2.72. The first-order valence-electron chi connectivity index (χ1n) is 6.59. The van der Waals surface area contributed by atoms with Crippen molar-refractivity contribution in [3.8, 4) is 0 Å². The maximum atomic E-state index is 6.49. The highest BCUT2D eigenvalue weighted by atomic mass is 79.9. The molecule has 2 rings (SSSR count). The lowest BCUT2D eigenvalue weighted by Crippen LogP contribution is -2.32. The summed E-state index contributed by atoms with van der Waals surface area (Å²) in [6.07, 6.45) is 2.29. The van der Waals surface area contributed by atoms with E-state index >= 15 is 0 Å². The van der Waals surface area contributed by atoms with E-state index in [-0.39, 0.29) is 18.2 Å². The van der Waals surface area contributed by atoms with Crippen LogP contribution in [0.3, 0.4) is 0 Å². The van der Waals surface area contributed by atoms with E-state index in [0.717, 1.165) is 16.7 Å². The lowest BCUT2D eigenvalue weighted by Gasteiger charge is -2.26.